The summed E-state index contributed by atoms with van der Waals surface area (Å²) in [6.07, 6.45) is 1.90. The first-order chi connectivity index (χ1) is 7.36. The van der Waals surface area contributed by atoms with Gasteiger partial charge in [0.2, 0.25) is 0 Å². The van der Waals surface area contributed by atoms with E-state index in [2.05, 4.69) is 10.1 Å². The Labute approximate surface area is 95.5 Å². The fourth-order valence-corrected chi connectivity index (χ4v) is 1.66. The molecule has 0 spiro atoms. The van der Waals surface area contributed by atoms with E-state index in [-0.39, 0.29) is 5.41 Å². The average molecular weight is 225 g/mol. The number of aliphatic carboxylic acids is 1. The van der Waals surface area contributed by atoms with Crippen molar-refractivity contribution >= 4 is 5.97 Å². The van der Waals surface area contributed by atoms with Crippen molar-refractivity contribution in [3.8, 4) is 0 Å². The monoisotopic (exact) mass is 225 g/mol. The number of nitrogens with zero attached hydrogens (tertiary/aromatic N) is 3. The molecule has 5 nitrogen and oxygen atoms in total. The molecule has 0 amide bonds. The van der Waals surface area contributed by atoms with E-state index in [4.69, 9.17) is 0 Å². The lowest BCUT2D eigenvalue weighted by Crippen LogP contribution is -2.31. The number of aryl methyl sites for hydroxylation is 1. The Morgan fingerprint density at radius 3 is 2.62 bits per heavy atom. The number of hydrogen-bond donors (Lipinski definition) is 1. The van der Waals surface area contributed by atoms with E-state index in [0.717, 1.165) is 5.82 Å². The lowest BCUT2D eigenvalue weighted by molar-refractivity contribution is -0.145. The molecule has 1 N–H and O–H groups in total. The van der Waals surface area contributed by atoms with Crippen LogP contribution in [0.2, 0.25) is 0 Å². The van der Waals surface area contributed by atoms with Crippen LogP contribution >= 0.6 is 0 Å². The van der Waals surface area contributed by atoms with Gasteiger partial charge in [-0.1, -0.05) is 20.8 Å². The molecule has 1 heterocycles. The van der Waals surface area contributed by atoms with E-state index in [9.17, 15) is 9.90 Å². The molecule has 90 valence electrons. The lowest BCUT2D eigenvalue weighted by Gasteiger charge is -2.26. The van der Waals surface area contributed by atoms with Gasteiger partial charge in [0.25, 0.3) is 0 Å². The van der Waals surface area contributed by atoms with Gasteiger partial charge in [-0.2, -0.15) is 5.10 Å². The highest BCUT2D eigenvalue weighted by molar-refractivity contribution is 5.71. The van der Waals surface area contributed by atoms with E-state index >= 15 is 0 Å². The Kier molecular flexibility index (Phi) is 3.67. The molecule has 0 aliphatic rings. The molecule has 1 unspecified atom stereocenters. The fraction of sp³-hybridized carbons (Fsp3) is 0.727. The van der Waals surface area contributed by atoms with E-state index in [0.29, 0.717) is 13.0 Å². The minimum atomic E-state index is -0.779. The first-order valence-electron chi connectivity index (χ1n) is 5.45. The Morgan fingerprint density at radius 1 is 1.56 bits per heavy atom. The molecule has 0 fully saturated rings. The molecule has 5 heteroatoms. The molecular weight excluding hydrogens is 206 g/mol. The van der Waals surface area contributed by atoms with Crippen molar-refractivity contribution in [2.45, 2.75) is 40.7 Å². The summed E-state index contributed by atoms with van der Waals surface area (Å²) in [7, 11) is 0. The Morgan fingerprint density at radius 2 is 2.19 bits per heavy atom. The molecule has 0 radical (unpaired) electrons. The van der Waals surface area contributed by atoms with Crippen LogP contribution in [0.3, 0.4) is 0 Å². The predicted molar refractivity (Wildman–Crippen MR) is 60.0 cm³/mol. The minimum absolute atomic E-state index is 0.281. The molecule has 1 aromatic heterocycles. The van der Waals surface area contributed by atoms with Crippen LogP contribution in [0.1, 0.15) is 33.5 Å². The van der Waals surface area contributed by atoms with Crippen molar-refractivity contribution in [2.24, 2.45) is 11.3 Å². The molecule has 0 bridgehead atoms. The average Bonchev–Trinajstić information content (AvgIpc) is 2.58. The van der Waals surface area contributed by atoms with Gasteiger partial charge in [0.15, 0.2) is 0 Å². The fourth-order valence-electron chi connectivity index (χ4n) is 1.66. The van der Waals surface area contributed by atoms with Crippen LogP contribution in [0.5, 0.6) is 0 Å². The van der Waals surface area contributed by atoms with E-state index < -0.39 is 11.9 Å². The van der Waals surface area contributed by atoms with Crippen LogP contribution in [0.25, 0.3) is 0 Å². The molecule has 1 aromatic rings. The third-order valence-corrected chi connectivity index (χ3v) is 2.73. The Balaban J connectivity index is 2.89. The number of rotatable bonds is 4. The number of hydrogen-bond acceptors (Lipinski definition) is 3. The van der Waals surface area contributed by atoms with Crippen molar-refractivity contribution in [2.75, 3.05) is 0 Å². The number of carbonyl (C=O) groups is 1. The number of carboxylic acid groups (broad SMARTS) is 1. The first kappa shape index (κ1) is 12.7. The van der Waals surface area contributed by atoms with Crippen LogP contribution in [-0.4, -0.2) is 25.8 Å². The second-order valence-corrected chi connectivity index (χ2v) is 4.95. The zero-order valence-corrected chi connectivity index (χ0v) is 10.3. The van der Waals surface area contributed by atoms with Gasteiger partial charge in [0.1, 0.15) is 12.2 Å². The van der Waals surface area contributed by atoms with Crippen molar-refractivity contribution < 1.29 is 9.90 Å². The van der Waals surface area contributed by atoms with Crippen LogP contribution in [-0.2, 0) is 17.8 Å². The first-order valence-corrected chi connectivity index (χ1v) is 5.45. The second-order valence-electron chi connectivity index (χ2n) is 4.95. The molecule has 0 aliphatic carbocycles. The lowest BCUT2D eigenvalue weighted by atomic mass is 9.78. The third kappa shape index (κ3) is 2.81. The molecular formula is C11H19N3O2. The predicted octanol–water partition coefficient (Wildman–Crippen LogP) is 1.59. The maximum atomic E-state index is 11.2. The highest BCUT2D eigenvalue weighted by Gasteiger charge is 2.32. The Bertz CT molecular complexity index is 366. The van der Waals surface area contributed by atoms with Crippen LogP contribution in [0.15, 0.2) is 6.33 Å². The summed E-state index contributed by atoms with van der Waals surface area (Å²) in [5.74, 6) is -0.482. The van der Waals surface area contributed by atoms with Gasteiger partial charge in [-0.15, -0.1) is 0 Å². The summed E-state index contributed by atoms with van der Waals surface area (Å²) in [6.45, 7) is 8.46. The summed E-state index contributed by atoms with van der Waals surface area (Å²) in [6, 6.07) is 0. The molecule has 1 rings (SSSR count). The van der Waals surface area contributed by atoms with E-state index in [1.165, 1.54) is 6.33 Å². The summed E-state index contributed by atoms with van der Waals surface area (Å²) in [4.78, 5) is 15.3. The topological polar surface area (TPSA) is 68.0 Å². The van der Waals surface area contributed by atoms with Crippen LogP contribution in [0, 0.1) is 11.3 Å². The second kappa shape index (κ2) is 4.63. The van der Waals surface area contributed by atoms with Crippen molar-refractivity contribution in [3.05, 3.63) is 12.2 Å². The summed E-state index contributed by atoms with van der Waals surface area (Å²) in [5, 5.41) is 13.3. The molecule has 16 heavy (non-hydrogen) atoms. The van der Waals surface area contributed by atoms with Gasteiger partial charge in [0.05, 0.1) is 5.92 Å². The quantitative estimate of drug-likeness (QED) is 0.844. The molecule has 1 atom stereocenters. The minimum Gasteiger partial charge on any atom is -0.481 e. The van der Waals surface area contributed by atoms with Gasteiger partial charge in [-0.25, -0.2) is 4.98 Å². The smallest absolute Gasteiger partial charge is 0.307 e. The number of aromatic nitrogens is 3. The van der Waals surface area contributed by atoms with Gasteiger partial charge in [-0.3, -0.25) is 9.48 Å². The maximum absolute atomic E-state index is 11.2. The van der Waals surface area contributed by atoms with Gasteiger partial charge >= 0.3 is 5.97 Å². The Hall–Kier alpha value is -1.39. The van der Waals surface area contributed by atoms with Crippen molar-refractivity contribution in [3.63, 3.8) is 0 Å². The normalized spacial score (nSPS) is 13.8. The largest absolute Gasteiger partial charge is 0.481 e. The SMILES string of the molecule is CCn1ncnc1CC(C(=O)O)C(C)(C)C. The van der Waals surface area contributed by atoms with Gasteiger partial charge < -0.3 is 5.11 Å². The molecule has 0 saturated carbocycles. The van der Waals surface area contributed by atoms with Crippen molar-refractivity contribution in [1.29, 1.82) is 0 Å². The molecule has 0 aliphatic heterocycles. The summed E-state index contributed by atoms with van der Waals surface area (Å²) in [5.41, 5.74) is -0.281. The van der Waals surface area contributed by atoms with Crippen LogP contribution in [0.4, 0.5) is 0 Å². The number of carboxylic acids is 1. The standard InChI is InChI=1S/C11H19N3O2/c1-5-14-9(12-7-13-14)6-8(10(15)16)11(2,3)4/h7-8H,5-6H2,1-4H3,(H,15,16). The summed E-state index contributed by atoms with van der Waals surface area (Å²) >= 11 is 0. The third-order valence-electron chi connectivity index (χ3n) is 2.73. The zero-order chi connectivity index (χ0) is 12.3. The zero-order valence-electron chi connectivity index (χ0n) is 10.3. The molecule has 0 aromatic carbocycles. The highest BCUT2D eigenvalue weighted by Crippen LogP contribution is 2.28. The van der Waals surface area contributed by atoms with E-state index in [1.54, 1.807) is 4.68 Å². The summed E-state index contributed by atoms with van der Waals surface area (Å²) < 4.78 is 1.74. The van der Waals surface area contributed by atoms with Gasteiger partial charge in [-0.05, 0) is 12.3 Å². The van der Waals surface area contributed by atoms with Crippen LogP contribution < -0.4 is 0 Å². The van der Waals surface area contributed by atoms with E-state index in [1.807, 2.05) is 27.7 Å². The highest BCUT2D eigenvalue weighted by atomic mass is 16.4. The molecule has 0 saturated heterocycles. The maximum Gasteiger partial charge on any atom is 0.307 e. The van der Waals surface area contributed by atoms with Gasteiger partial charge in [0, 0.05) is 13.0 Å². The van der Waals surface area contributed by atoms with Crippen molar-refractivity contribution in [1.82, 2.24) is 14.8 Å².